The molecule has 0 aliphatic rings. The number of benzene rings is 2. The van der Waals surface area contributed by atoms with Gasteiger partial charge in [-0.2, -0.15) is 0 Å². The average Bonchev–Trinajstić information content (AvgIpc) is 2.62. The molecule has 4 nitrogen and oxygen atoms in total. The van der Waals surface area contributed by atoms with Gasteiger partial charge in [-0.1, -0.05) is 37.1 Å². The molecule has 0 heterocycles. The monoisotopic (exact) mass is 390 g/mol. The summed E-state index contributed by atoms with van der Waals surface area (Å²) in [4.78, 5) is 24.9. The normalized spacial score (nSPS) is 10.4. The number of nitrogens with one attached hydrogen (secondary N) is 2. The second-order valence-electron chi connectivity index (χ2n) is 5.98. The molecule has 0 saturated carbocycles. The zero-order valence-electron chi connectivity index (χ0n) is 15.0. The zero-order valence-corrected chi connectivity index (χ0v) is 16.5. The van der Waals surface area contributed by atoms with Gasteiger partial charge in [0, 0.05) is 27.7 Å². The molecule has 0 fully saturated rings. The summed E-state index contributed by atoms with van der Waals surface area (Å²) in [5.74, 6) is 0.189. The van der Waals surface area contributed by atoms with Gasteiger partial charge in [-0.15, -0.1) is 11.8 Å². The summed E-state index contributed by atoms with van der Waals surface area (Å²) >= 11 is 7.49. The van der Waals surface area contributed by atoms with Gasteiger partial charge in [0.1, 0.15) is 0 Å². The third kappa shape index (κ3) is 6.73. The van der Waals surface area contributed by atoms with Gasteiger partial charge in [0.2, 0.25) is 11.8 Å². The number of unbranched alkanes of at least 4 members (excludes halogenated alkanes) is 1. The number of carbonyl (C=O) groups excluding carboxylic acids is 2. The van der Waals surface area contributed by atoms with E-state index in [9.17, 15) is 9.59 Å². The molecule has 0 unspecified atom stereocenters. The fourth-order valence-corrected chi connectivity index (χ4v) is 3.18. The van der Waals surface area contributed by atoms with Crippen molar-refractivity contribution in [2.24, 2.45) is 0 Å². The van der Waals surface area contributed by atoms with E-state index in [1.165, 1.54) is 11.8 Å². The van der Waals surface area contributed by atoms with Crippen molar-refractivity contribution in [1.29, 1.82) is 0 Å². The van der Waals surface area contributed by atoms with Gasteiger partial charge >= 0.3 is 0 Å². The van der Waals surface area contributed by atoms with E-state index in [0.717, 1.165) is 29.0 Å². The van der Waals surface area contributed by atoms with E-state index in [4.69, 9.17) is 11.6 Å². The topological polar surface area (TPSA) is 58.2 Å². The predicted octanol–water partition coefficient (Wildman–Crippen LogP) is 5.51. The average molecular weight is 391 g/mol. The Morgan fingerprint density at radius 3 is 2.50 bits per heavy atom. The largest absolute Gasteiger partial charge is 0.326 e. The Bertz CT molecular complexity index is 780. The number of hydrogen-bond donors (Lipinski definition) is 2. The summed E-state index contributed by atoms with van der Waals surface area (Å²) in [6.07, 6.45) is 2.39. The maximum Gasteiger partial charge on any atom is 0.234 e. The minimum absolute atomic E-state index is 0.0167. The molecule has 6 heteroatoms. The SMILES string of the molecule is CCCCC(=O)Nc1cccc(SCC(=O)Nc2ccc(C)c(Cl)c2)c1. The first-order valence-corrected chi connectivity index (χ1v) is 9.93. The lowest BCUT2D eigenvalue weighted by Crippen LogP contribution is -2.14. The van der Waals surface area contributed by atoms with E-state index < -0.39 is 0 Å². The van der Waals surface area contributed by atoms with Crippen molar-refractivity contribution in [2.75, 3.05) is 16.4 Å². The summed E-state index contributed by atoms with van der Waals surface area (Å²) in [5, 5.41) is 6.35. The van der Waals surface area contributed by atoms with Crippen LogP contribution in [-0.4, -0.2) is 17.6 Å². The van der Waals surface area contributed by atoms with Crippen molar-refractivity contribution >= 4 is 46.6 Å². The summed E-state index contributed by atoms with van der Waals surface area (Å²) in [5.41, 5.74) is 2.40. The molecule has 2 aromatic rings. The van der Waals surface area contributed by atoms with Crippen LogP contribution in [0.3, 0.4) is 0 Å². The maximum absolute atomic E-state index is 12.1. The number of hydrogen-bond acceptors (Lipinski definition) is 3. The Labute approximate surface area is 163 Å². The van der Waals surface area contributed by atoms with Gasteiger partial charge in [0.05, 0.1) is 5.75 Å². The van der Waals surface area contributed by atoms with Gasteiger partial charge in [-0.25, -0.2) is 0 Å². The highest BCUT2D eigenvalue weighted by molar-refractivity contribution is 8.00. The molecule has 2 aromatic carbocycles. The van der Waals surface area contributed by atoms with Crippen molar-refractivity contribution in [3.05, 3.63) is 53.1 Å². The summed E-state index contributed by atoms with van der Waals surface area (Å²) in [6.45, 7) is 3.97. The van der Waals surface area contributed by atoms with Gasteiger partial charge < -0.3 is 10.6 Å². The van der Waals surface area contributed by atoms with E-state index >= 15 is 0 Å². The lowest BCUT2D eigenvalue weighted by molar-refractivity contribution is -0.116. The molecule has 0 bridgehead atoms. The van der Waals surface area contributed by atoms with Crippen molar-refractivity contribution in [1.82, 2.24) is 0 Å². The molecule has 0 aliphatic heterocycles. The van der Waals surface area contributed by atoms with E-state index in [-0.39, 0.29) is 17.6 Å². The van der Waals surface area contributed by atoms with Crippen LogP contribution in [0, 0.1) is 6.92 Å². The number of carbonyl (C=O) groups is 2. The number of halogens is 1. The molecule has 2 amide bonds. The molecule has 138 valence electrons. The smallest absolute Gasteiger partial charge is 0.234 e. The Balaban J connectivity index is 1.86. The van der Waals surface area contributed by atoms with E-state index in [2.05, 4.69) is 17.6 Å². The van der Waals surface area contributed by atoms with Crippen LogP contribution in [0.15, 0.2) is 47.4 Å². The first-order valence-electron chi connectivity index (χ1n) is 8.56. The van der Waals surface area contributed by atoms with Crippen LogP contribution < -0.4 is 10.6 Å². The van der Waals surface area contributed by atoms with E-state index in [1.807, 2.05) is 43.3 Å². The molecule has 2 rings (SSSR count). The Hall–Kier alpha value is -1.98. The molecular weight excluding hydrogens is 368 g/mol. The van der Waals surface area contributed by atoms with Crippen molar-refractivity contribution in [3.63, 3.8) is 0 Å². The minimum Gasteiger partial charge on any atom is -0.326 e. The third-order valence-electron chi connectivity index (χ3n) is 3.70. The van der Waals surface area contributed by atoms with Crippen LogP contribution in [0.5, 0.6) is 0 Å². The first-order chi connectivity index (χ1) is 12.5. The molecule has 0 aliphatic carbocycles. The van der Waals surface area contributed by atoms with Gasteiger partial charge in [-0.3, -0.25) is 9.59 Å². The fourth-order valence-electron chi connectivity index (χ4n) is 2.24. The number of thioether (sulfide) groups is 1. The molecule has 2 N–H and O–H groups in total. The van der Waals surface area contributed by atoms with Crippen molar-refractivity contribution in [3.8, 4) is 0 Å². The number of amides is 2. The quantitative estimate of drug-likeness (QED) is 0.584. The summed E-state index contributed by atoms with van der Waals surface area (Å²) < 4.78 is 0. The minimum atomic E-state index is -0.104. The van der Waals surface area contributed by atoms with Crippen LogP contribution in [-0.2, 0) is 9.59 Å². The van der Waals surface area contributed by atoms with E-state index in [0.29, 0.717) is 17.1 Å². The molecule has 0 saturated heterocycles. The Kier molecular flexibility index (Phi) is 8.01. The van der Waals surface area contributed by atoms with Crippen LogP contribution in [0.25, 0.3) is 0 Å². The lowest BCUT2D eigenvalue weighted by Gasteiger charge is -2.08. The predicted molar refractivity (Wildman–Crippen MR) is 110 cm³/mol. The standard InChI is InChI=1S/C20H23ClN2O2S/c1-3-4-8-19(24)22-15-6-5-7-17(11-15)26-13-20(25)23-16-10-9-14(2)18(21)12-16/h5-7,9-12H,3-4,8,13H2,1-2H3,(H,22,24)(H,23,25). The van der Waals surface area contributed by atoms with Crippen molar-refractivity contribution < 1.29 is 9.59 Å². The molecule has 0 aromatic heterocycles. The van der Waals surface area contributed by atoms with Crippen LogP contribution >= 0.6 is 23.4 Å². The lowest BCUT2D eigenvalue weighted by atomic mass is 10.2. The van der Waals surface area contributed by atoms with Crippen LogP contribution in [0.1, 0.15) is 31.7 Å². The fraction of sp³-hybridized carbons (Fsp3) is 0.300. The third-order valence-corrected chi connectivity index (χ3v) is 5.10. The summed E-state index contributed by atoms with van der Waals surface area (Å²) in [7, 11) is 0. The van der Waals surface area contributed by atoms with Crippen LogP contribution in [0.4, 0.5) is 11.4 Å². The number of anilines is 2. The molecule has 26 heavy (non-hydrogen) atoms. The number of rotatable bonds is 8. The second kappa shape index (κ2) is 10.2. The van der Waals surface area contributed by atoms with E-state index in [1.54, 1.807) is 6.07 Å². The summed E-state index contributed by atoms with van der Waals surface area (Å²) in [6, 6.07) is 13.0. The first kappa shape index (κ1) is 20.3. The molecule has 0 atom stereocenters. The maximum atomic E-state index is 12.1. The molecule has 0 radical (unpaired) electrons. The highest BCUT2D eigenvalue weighted by Gasteiger charge is 2.07. The number of aryl methyl sites for hydroxylation is 1. The highest BCUT2D eigenvalue weighted by Crippen LogP contribution is 2.23. The highest BCUT2D eigenvalue weighted by atomic mass is 35.5. The van der Waals surface area contributed by atoms with Crippen LogP contribution in [0.2, 0.25) is 5.02 Å². The second-order valence-corrected chi connectivity index (χ2v) is 7.44. The van der Waals surface area contributed by atoms with Gasteiger partial charge in [0.15, 0.2) is 0 Å². The van der Waals surface area contributed by atoms with Gasteiger partial charge in [-0.05, 0) is 49.2 Å². The van der Waals surface area contributed by atoms with Crippen molar-refractivity contribution in [2.45, 2.75) is 38.0 Å². The Morgan fingerprint density at radius 2 is 1.77 bits per heavy atom. The zero-order chi connectivity index (χ0) is 18.9. The molecular formula is C20H23ClN2O2S. The van der Waals surface area contributed by atoms with Gasteiger partial charge in [0.25, 0.3) is 0 Å². The molecule has 0 spiro atoms. The Morgan fingerprint density at radius 1 is 1.04 bits per heavy atom.